The highest BCUT2D eigenvalue weighted by atomic mass is 16.7. The summed E-state index contributed by atoms with van der Waals surface area (Å²) < 4.78 is 22.7. The van der Waals surface area contributed by atoms with Crippen molar-refractivity contribution in [1.82, 2.24) is 0 Å². The van der Waals surface area contributed by atoms with Crippen molar-refractivity contribution >= 4 is 17.9 Å². The molecule has 0 aliphatic heterocycles. The molecule has 9 heteroatoms. The van der Waals surface area contributed by atoms with E-state index in [1.807, 2.05) is 21.1 Å². The van der Waals surface area contributed by atoms with Crippen molar-refractivity contribution in [2.24, 2.45) is 0 Å². The van der Waals surface area contributed by atoms with Gasteiger partial charge in [-0.25, -0.2) is 0 Å². The summed E-state index contributed by atoms with van der Waals surface area (Å²) in [6, 6.07) is 0. The molecule has 0 rings (SSSR count). The molecule has 0 N–H and O–H groups in total. The first kappa shape index (κ1) is 70.0. The number of esters is 2. The zero-order valence-electron chi connectivity index (χ0n) is 47.9. The van der Waals surface area contributed by atoms with Crippen LogP contribution < -0.4 is 5.11 Å². The Labute approximate surface area is 454 Å². The lowest BCUT2D eigenvalue weighted by molar-refractivity contribution is -0.870. The molecule has 0 saturated heterocycles. The van der Waals surface area contributed by atoms with Crippen molar-refractivity contribution in [2.75, 3.05) is 47.5 Å². The third-order valence-electron chi connectivity index (χ3n) is 12.3. The number of nitrogens with zero attached hydrogens (tertiary/aromatic N) is 1. The van der Waals surface area contributed by atoms with Gasteiger partial charge in [0.15, 0.2) is 12.4 Å². The lowest BCUT2D eigenvalue weighted by Gasteiger charge is -2.26. The molecule has 422 valence electrons. The molecule has 0 heterocycles. The minimum Gasteiger partial charge on any atom is -0.545 e. The standard InChI is InChI=1S/C65H109NO8/c1-6-8-10-12-14-16-18-20-22-23-24-25-26-27-28-29-30-31-32-33-34-35-36-37-38-39-40-41-42-44-46-48-50-52-54-56-63(68)74-61(60-73-65(64(69)70)71-58-57-66(3,4)5)59-72-62(67)55-53-51-49-47-45-43-21-19-17-15-13-11-9-7-2/h8,10,13-16,19-22,24-25,27-28,30-31,33-34,61,65H,6-7,9,11-12,17-18,23,26,29,32,35-60H2,1-5H3/b10-8-,15-13-,16-14-,21-19-,22-20-,25-24-,28-27-,31-30-,34-33-. The van der Waals surface area contributed by atoms with E-state index in [4.69, 9.17) is 18.9 Å². The number of carbonyl (C=O) groups is 3. The van der Waals surface area contributed by atoms with E-state index in [0.717, 1.165) is 116 Å². The molecule has 0 bridgehead atoms. The highest BCUT2D eigenvalue weighted by Gasteiger charge is 2.22. The number of carboxylic acid groups (broad SMARTS) is 1. The molecule has 0 saturated carbocycles. The smallest absolute Gasteiger partial charge is 0.306 e. The maximum absolute atomic E-state index is 12.9. The van der Waals surface area contributed by atoms with E-state index in [9.17, 15) is 19.5 Å². The summed E-state index contributed by atoms with van der Waals surface area (Å²) >= 11 is 0. The van der Waals surface area contributed by atoms with E-state index in [-0.39, 0.29) is 38.6 Å². The Morgan fingerprint density at radius 1 is 0.419 bits per heavy atom. The van der Waals surface area contributed by atoms with Crippen molar-refractivity contribution in [3.63, 3.8) is 0 Å². The van der Waals surface area contributed by atoms with Crippen molar-refractivity contribution in [3.8, 4) is 0 Å². The average Bonchev–Trinajstić information content (AvgIpc) is 3.37. The van der Waals surface area contributed by atoms with Crippen LogP contribution in [0.3, 0.4) is 0 Å². The molecule has 0 aromatic rings. The number of carbonyl (C=O) groups excluding carboxylic acids is 3. The summed E-state index contributed by atoms with van der Waals surface area (Å²) in [6.07, 6.45) is 72.9. The Bertz CT molecular complexity index is 1580. The normalized spacial score (nSPS) is 13.6. The third kappa shape index (κ3) is 55.7. The van der Waals surface area contributed by atoms with Crippen molar-refractivity contribution in [1.29, 1.82) is 0 Å². The van der Waals surface area contributed by atoms with Gasteiger partial charge in [-0.2, -0.15) is 0 Å². The van der Waals surface area contributed by atoms with Gasteiger partial charge in [0.2, 0.25) is 0 Å². The average molecular weight is 1030 g/mol. The zero-order valence-corrected chi connectivity index (χ0v) is 47.9. The number of allylic oxidation sites excluding steroid dienone is 18. The summed E-state index contributed by atoms with van der Waals surface area (Å²) in [5.74, 6) is -2.31. The van der Waals surface area contributed by atoms with Crippen molar-refractivity contribution in [3.05, 3.63) is 109 Å². The number of carboxylic acids is 1. The Morgan fingerprint density at radius 2 is 0.770 bits per heavy atom. The fourth-order valence-electron chi connectivity index (χ4n) is 7.71. The van der Waals surface area contributed by atoms with E-state index in [0.29, 0.717) is 17.4 Å². The summed E-state index contributed by atoms with van der Waals surface area (Å²) in [4.78, 5) is 37.2. The first-order valence-electron chi connectivity index (χ1n) is 29.5. The van der Waals surface area contributed by atoms with Gasteiger partial charge in [-0.05, 0) is 96.3 Å². The van der Waals surface area contributed by atoms with Gasteiger partial charge in [0.25, 0.3) is 0 Å². The molecule has 0 amide bonds. The van der Waals surface area contributed by atoms with Crippen LogP contribution in [0.2, 0.25) is 0 Å². The van der Waals surface area contributed by atoms with Gasteiger partial charge >= 0.3 is 11.9 Å². The second-order valence-electron chi connectivity index (χ2n) is 20.5. The quantitative estimate of drug-likeness (QED) is 0.0195. The SMILES string of the molecule is CC/C=C\C/C=C\C/C=C\C/C=C\C/C=C\C/C=C\C/C=C\CCCCCCCCCCCCCCCC(=O)OC(COC(=O)CCCCCCC/C=C\C/C=C\CCCC)COC(OCC[N+](C)(C)C)C(=O)[O-]. The Balaban J connectivity index is 4.15. The number of aliphatic carboxylic acids is 1. The zero-order chi connectivity index (χ0) is 54.1. The van der Waals surface area contributed by atoms with Gasteiger partial charge in [-0.1, -0.05) is 226 Å². The molecular formula is C65H109NO8. The van der Waals surface area contributed by atoms with Crippen LogP contribution in [0.15, 0.2) is 109 Å². The minimum atomic E-state index is -1.63. The molecule has 0 spiro atoms. The predicted octanol–water partition coefficient (Wildman–Crippen LogP) is 16.2. The van der Waals surface area contributed by atoms with E-state index >= 15 is 0 Å². The van der Waals surface area contributed by atoms with Crippen molar-refractivity contribution < 1.29 is 42.9 Å². The van der Waals surface area contributed by atoms with Crippen LogP contribution in [0.1, 0.15) is 226 Å². The molecule has 2 unspecified atom stereocenters. The number of rotatable bonds is 53. The fraction of sp³-hybridized carbons (Fsp3) is 0.677. The second-order valence-corrected chi connectivity index (χ2v) is 20.5. The maximum Gasteiger partial charge on any atom is 0.306 e. The molecule has 0 aliphatic rings. The van der Waals surface area contributed by atoms with Crippen LogP contribution in [0.5, 0.6) is 0 Å². The first-order valence-corrected chi connectivity index (χ1v) is 29.5. The maximum atomic E-state index is 12.9. The van der Waals surface area contributed by atoms with E-state index in [2.05, 4.69) is 123 Å². The van der Waals surface area contributed by atoms with Gasteiger partial charge in [0.05, 0.1) is 40.3 Å². The topological polar surface area (TPSA) is 111 Å². The van der Waals surface area contributed by atoms with Gasteiger partial charge in [-0.15, -0.1) is 0 Å². The van der Waals surface area contributed by atoms with E-state index in [1.54, 1.807) is 0 Å². The summed E-state index contributed by atoms with van der Waals surface area (Å²) in [7, 11) is 5.91. The number of hydrogen-bond acceptors (Lipinski definition) is 8. The lowest BCUT2D eigenvalue weighted by atomic mass is 10.0. The third-order valence-corrected chi connectivity index (χ3v) is 12.3. The van der Waals surface area contributed by atoms with Crippen LogP contribution in [-0.4, -0.2) is 82.3 Å². The molecule has 0 fully saturated rings. The number of likely N-dealkylation sites (N-methyl/N-ethyl adjacent to an activating group) is 1. The lowest BCUT2D eigenvalue weighted by Crippen LogP contribution is -2.44. The van der Waals surface area contributed by atoms with Crippen LogP contribution in [0, 0.1) is 0 Å². The van der Waals surface area contributed by atoms with Crippen LogP contribution >= 0.6 is 0 Å². The highest BCUT2D eigenvalue weighted by Crippen LogP contribution is 2.15. The van der Waals surface area contributed by atoms with Gasteiger partial charge < -0.3 is 33.3 Å². The highest BCUT2D eigenvalue weighted by molar-refractivity contribution is 5.70. The molecular weight excluding hydrogens is 923 g/mol. The van der Waals surface area contributed by atoms with Gasteiger partial charge in [0, 0.05) is 12.8 Å². The molecule has 74 heavy (non-hydrogen) atoms. The minimum absolute atomic E-state index is 0.141. The van der Waals surface area contributed by atoms with E-state index < -0.39 is 24.3 Å². The second kappa shape index (κ2) is 55.2. The molecule has 0 aliphatic carbocycles. The molecule has 0 radical (unpaired) electrons. The number of ether oxygens (including phenoxy) is 4. The molecule has 9 nitrogen and oxygen atoms in total. The van der Waals surface area contributed by atoms with Crippen LogP contribution in [0.25, 0.3) is 0 Å². The monoisotopic (exact) mass is 1030 g/mol. The predicted molar refractivity (Wildman–Crippen MR) is 310 cm³/mol. The Morgan fingerprint density at radius 3 is 1.15 bits per heavy atom. The Kier molecular flexibility index (Phi) is 52.2. The van der Waals surface area contributed by atoms with E-state index in [1.165, 1.54) is 77.0 Å². The summed E-state index contributed by atoms with van der Waals surface area (Å²) in [5.41, 5.74) is 0. The number of quaternary nitrogens is 1. The Hall–Kier alpha value is -4.05. The summed E-state index contributed by atoms with van der Waals surface area (Å²) in [6.45, 7) is 4.56. The number of hydrogen-bond donors (Lipinski definition) is 0. The first-order chi connectivity index (χ1) is 36.1. The van der Waals surface area contributed by atoms with Crippen LogP contribution in [-0.2, 0) is 33.3 Å². The fourth-order valence-corrected chi connectivity index (χ4v) is 7.71. The van der Waals surface area contributed by atoms with Gasteiger partial charge in [-0.3, -0.25) is 9.59 Å². The molecule has 0 aromatic heterocycles. The molecule has 0 aromatic carbocycles. The van der Waals surface area contributed by atoms with Crippen molar-refractivity contribution in [2.45, 2.75) is 238 Å². The largest absolute Gasteiger partial charge is 0.545 e. The van der Waals surface area contributed by atoms with Crippen LogP contribution in [0.4, 0.5) is 0 Å². The number of unbranched alkanes of at least 4 members (excludes halogenated alkanes) is 20. The van der Waals surface area contributed by atoms with Gasteiger partial charge in [0.1, 0.15) is 13.2 Å². The summed E-state index contributed by atoms with van der Waals surface area (Å²) in [5, 5.41) is 11.8. The molecule has 2 atom stereocenters.